The van der Waals surface area contributed by atoms with Crippen molar-refractivity contribution in [2.45, 2.75) is 44.9 Å². The maximum atomic E-state index is 13.1. The summed E-state index contributed by atoms with van der Waals surface area (Å²) < 4.78 is 40.4. The van der Waals surface area contributed by atoms with Crippen LogP contribution in [0.1, 0.15) is 44.9 Å². The number of nitrogens with one attached hydrogen (secondary N) is 3. The summed E-state index contributed by atoms with van der Waals surface area (Å²) in [6.45, 7) is -0.405. The molecule has 11 heteroatoms. The van der Waals surface area contributed by atoms with Gasteiger partial charge in [0.2, 0.25) is 5.91 Å². The van der Waals surface area contributed by atoms with E-state index in [9.17, 15) is 22.8 Å². The Bertz CT molecular complexity index is 919. The van der Waals surface area contributed by atoms with E-state index in [1.807, 2.05) is 0 Å². The highest BCUT2D eigenvalue weighted by molar-refractivity contribution is 7.17. The molecule has 1 aliphatic rings. The molecule has 2 heterocycles. The standard InChI is InChI=1S/C18H22F3N5O2S/c1-22-7-10-8-26(25-15(10)18(19,20)21)9-13(27)24-17-14(16(28)23-2)11-5-3-4-6-12(11)29-17/h8,22H,3-7,9H2,1-2H3,(H,23,28)(H,24,27). The number of aromatic nitrogens is 2. The van der Waals surface area contributed by atoms with E-state index in [1.165, 1.54) is 31.6 Å². The summed E-state index contributed by atoms with van der Waals surface area (Å²) >= 11 is 1.35. The zero-order valence-corrected chi connectivity index (χ0v) is 16.9. The van der Waals surface area contributed by atoms with Crippen molar-refractivity contribution in [2.75, 3.05) is 19.4 Å². The van der Waals surface area contributed by atoms with Crippen LogP contribution in [0.15, 0.2) is 6.20 Å². The largest absolute Gasteiger partial charge is 0.435 e. The highest BCUT2D eigenvalue weighted by atomic mass is 32.1. The second-order valence-corrected chi connectivity index (χ2v) is 7.88. The fraction of sp³-hybridized carbons (Fsp3) is 0.500. The van der Waals surface area contributed by atoms with Crippen LogP contribution in [0.3, 0.4) is 0 Å². The van der Waals surface area contributed by atoms with Crippen LogP contribution in [-0.4, -0.2) is 35.7 Å². The van der Waals surface area contributed by atoms with E-state index in [0.717, 1.165) is 40.8 Å². The Morgan fingerprint density at radius 2 is 1.97 bits per heavy atom. The molecule has 0 radical (unpaired) electrons. The van der Waals surface area contributed by atoms with E-state index in [0.29, 0.717) is 10.6 Å². The molecule has 0 fully saturated rings. The molecule has 3 N–H and O–H groups in total. The molecule has 3 rings (SSSR count). The lowest BCUT2D eigenvalue weighted by Gasteiger charge is -2.12. The van der Waals surface area contributed by atoms with Crippen LogP contribution < -0.4 is 16.0 Å². The van der Waals surface area contributed by atoms with Gasteiger partial charge >= 0.3 is 6.18 Å². The topological polar surface area (TPSA) is 88.0 Å². The van der Waals surface area contributed by atoms with Crippen LogP contribution in [0.25, 0.3) is 0 Å². The van der Waals surface area contributed by atoms with Crippen LogP contribution in [0.4, 0.5) is 18.2 Å². The van der Waals surface area contributed by atoms with Crippen molar-refractivity contribution < 1.29 is 22.8 Å². The summed E-state index contributed by atoms with van der Waals surface area (Å²) in [6, 6.07) is 0. The van der Waals surface area contributed by atoms with E-state index in [4.69, 9.17) is 0 Å². The number of amides is 2. The number of thiophene rings is 1. The Kier molecular flexibility index (Phi) is 6.27. The molecule has 7 nitrogen and oxygen atoms in total. The van der Waals surface area contributed by atoms with Crippen LogP contribution in [0, 0.1) is 0 Å². The van der Waals surface area contributed by atoms with Gasteiger partial charge in [-0.1, -0.05) is 0 Å². The Labute approximate surface area is 169 Å². The van der Waals surface area contributed by atoms with Crippen molar-refractivity contribution in [2.24, 2.45) is 0 Å². The van der Waals surface area contributed by atoms with Gasteiger partial charge in [0.15, 0.2) is 5.69 Å². The van der Waals surface area contributed by atoms with Crippen LogP contribution in [0.5, 0.6) is 0 Å². The van der Waals surface area contributed by atoms with Gasteiger partial charge in [0.1, 0.15) is 11.5 Å². The van der Waals surface area contributed by atoms with Gasteiger partial charge in [-0.25, -0.2) is 0 Å². The fourth-order valence-electron chi connectivity index (χ4n) is 3.43. The maximum Gasteiger partial charge on any atom is 0.435 e. The molecule has 0 aromatic carbocycles. The number of hydrogen-bond acceptors (Lipinski definition) is 5. The summed E-state index contributed by atoms with van der Waals surface area (Å²) in [4.78, 5) is 25.9. The Balaban J connectivity index is 1.81. The molecule has 0 spiro atoms. The minimum Gasteiger partial charge on any atom is -0.355 e. The van der Waals surface area contributed by atoms with Gasteiger partial charge in [-0.3, -0.25) is 14.3 Å². The summed E-state index contributed by atoms with van der Waals surface area (Å²) in [6.07, 6.45) is 0.219. The molecule has 0 bridgehead atoms. The average Bonchev–Trinajstić information content (AvgIpc) is 3.22. The lowest BCUT2D eigenvalue weighted by atomic mass is 9.95. The lowest BCUT2D eigenvalue weighted by Crippen LogP contribution is -2.24. The van der Waals surface area contributed by atoms with Crippen molar-refractivity contribution in [1.29, 1.82) is 0 Å². The highest BCUT2D eigenvalue weighted by Crippen LogP contribution is 2.38. The second kappa shape index (κ2) is 8.54. The number of carbonyl (C=O) groups is 2. The molecule has 2 aromatic rings. The molecule has 0 unspecified atom stereocenters. The van der Waals surface area contributed by atoms with Gasteiger partial charge in [-0.15, -0.1) is 11.3 Å². The molecule has 0 aliphatic heterocycles. The number of carbonyl (C=O) groups excluding carboxylic acids is 2. The zero-order valence-electron chi connectivity index (χ0n) is 16.1. The zero-order chi connectivity index (χ0) is 21.2. The van der Waals surface area contributed by atoms with Crippen molar-refractivity contribution in [3.05, 3.63) is 33.5 Å². The summed E-state index contributed by atoms with van der Waals surface area (Å²) in [5, 5.41) is 11.9. The Morgan fingerprint density at radius 1 is 1.24 bits per heavy atom. The first-order chi connectivity index (χ1) is 13.7. The van der Waals surface area contributed by atoms with Gasteiger partial charge in [0, 0.05) is 30.2 Å². The quantitative estimate of drug-likeness (QED) is 0.659. The highest BCUT2D eigenvalue weighted by Gasteiger charge is 2.37. The molecular weight excluding hydrogens is 407 g/mol. The van der Waals surface area contributed by atoms with Gasteiger partial charge in [-0.2, -0.15) is 18.3 Å². The van der Waals surface area contributed by atoms with Gasteiger partial charge < -0.3 is 16.0 Å². The third-order valence-electron chi connectivity index (χ3n) is 4.66. The van der Waals surface area contributed by atoms with Crippen LogP contribution in [0.2, 0.25) is 0 Å². The Morgan fingerprint density at radius 3 is 2.62 bits per heavy atom. The number of nitrogens with zero attached hydrogens (tertiary/aromatic N) is 2. The van der Waals surface area contributed by atoms with Crippen molar-refractivity contribution >= 4 is 28.2 Å². The molecule has 2 amide bonds. The van der Waals surface area contributed by atoms with Crippen LogP contribution >= 0.6 is 11.3 Å². The van der Waals surface area contributed by atoms with Crippen molar-refractivity contribution in [1.82, 2.24) is 20.4 Å². The minimum atomic E-state index is -4.60. The SMILES string of the molecule is CNCc1cn(CC(=O)Nc2sc3c(c2C(=O)NC)CCCC3)nc1C(F)(F)F. The van der Waals surface area contributed by atoms with E-state index < -0.39 is 17.8 Å². The molecule has 1 aliphatic carbocycles. The summed E-state index contributed by atoms with van der Waals surface area (Å²) in [7, 11) is 3.05. The first kappa shape index (κ1) is 21.3. The predicted octanol–water partition coefficient (Wildman–Crippen LogP) is 2.56. The molecular formula is C18H22F3N5O2S. The third kappa shape index (κ3) is 4.61. The normalized spacial score (nSPS) is 13.8. The van der Waals surface area contributed by atoms with Crippen LogP contribution in [-0.2, 0) is 36.9 Å². The van der Waals surface area contributed by atoms with E-state index >= 15 is 0 Å². The molecule has 29 heavy (non-hydrogen) atoms. The maximum absolute atomic E-state index is 13.1. The number of fused-ring (bicyclic) bond motifs is 1. The molecule has 158 valence electrons. The van der Waals surface area contributed by atoms with E-state index in [1.54, 1.807) is 0 Å². The smallest absolute Gasteiger partial charge is 0.355 e. The number of aryl methyl sites for hydroxylation is 1. The monoisotopic (exact) mass is 429 g/mol. The van der Waals surface area contributed by atoms with Gasteiger partial charge in [-0.05, 0) is 38.3 Å². The molecule has 0 saturated carbocycles. The number of halogens is 3. The number of anilines is 1. The summed E-state index contributed by atoms with van der Waals surface area (Å²) in [5.41, 5.74) is 0.348. The second-order valence-electron chi connectivity index (χ2n) is 6.77. The van der Waals surface area contributed by atoms with E-state index in [-0.39, 0.29) is 24.6 Å². The predicted molar refractivity (Wildman–Crippen MR) is 103 cm³/mol. The molecule has 0 atom stereocenters. The Hall–Kier alpha value is -2.40. The fourth-order valence-corrected chi connectivity index (χ4v) is 4.74. The van der Waals surface area contributed by atoms with Gasteiger partial charge in [0.25, 0.3) is 5.91 Å². The number of alkyl halides is 3. The van der Waals surface area contributed by atoms with Crippen molar-refractivity contribution in [3.8, 4) is 0 Å². The first-order valence-corrected chi connectivity index (χ1v) is 10.0. The molecule has 0 saturated heterocycles. The summed E-state index contributed by atoms with van der Waals surface area (Å²) in [5.74, 6) is -0.824. The first-order valence-electron chi connectivity index (χ1n) is 9.19. The third-order valence-corrected chi connectivity index (χ3v) is 5.86. The minimum absolute atomic E-state index is 0.0189. The van der Waals surface area contributed by atoms with Gasteiger partial charge in [0.05, 0.1) is 5.56 Å². The van der Waals surface area contributed by atoms with E-state index in [2.05, 4.69) is 21.0 Å². The number of rotatable bonds is 6. The molecule has 2 aromatic heterocycles. The lowest BCUT2D eigenvalue weighted by molar-refractivity contribution is -0.142. The average molecular weight is 429 g/mol. The van der Waals surface area contributed by atoms with Crippen molar-refractivity contribution in [3.63, 3.8) is 0 Å². The number of hydrogen-bond donors (Lipinski definition) is 3.